The molecule has 6 N–H and O–H groups in total. The number of esters is 6. The number of nitrogens with one attached hydrogen (secondary N) is 6. The molecule has 1 aliphatic rings. The van der Waals surface area contributed by atoms with Crippen molar-refractivity contribution in [2.24, 2.45) is 0 Å². The molecule has 0 aliphatic carbocycles. The smallest absolute Gasteiger partial charge is 0.329 e. The summed E-state index contributed by atoms with van der Waals surface area (Å²) in [5, 5.41) is 14.2. The quantitative estimate of drug-likeness (QED) is 0.0528. The Morgan fingerprint density at radius 3 is 0.478 bits per heavy atom. The molecule has 1 saturated heterocycles. The second kappa shape index (κ2) is 34.9. The van der Waals surface area contributed by atoms with Crippen molar-refractivity contribution in [3.63, 3.8) is 0 Å². The van der Waals surface area contributed by atoms with E-state index in [-0.39, 0.29) is 39.6 Å². The van der Waals surface area contributed by atoms with Crippen molar-refractivity contribution < 1.29 is 86.0 Å². The first-order valence-corrected chi connectivity index (χ1v) is 28.5. The average molecular weight is 1230 g/mol. The van der Waals surface area contributed by atoms with Gasteiger partial charge in [-0.2, -0.15) is 0 Å². The fraction of sp³-hybridized carbons (Fsp3) is 0.273. The van der Waals surface area contributed by atoms with Crippen molar-refractivity contribution in [3.8, 4) is 0 Å². The molecule has 1 aliphatic heterocycles. The van der Waals surface area contributed by atoms with Gasteiger partial charge in [-0.3, -0.25) is 28.8 Å². The molecule has 6 aromatic carbocycles. The number of ether oxygens (including phenoxy) is 6. The Bertz CT molecular complexity index is 2790. The third kappa shape index (κ3) is 23.0. The van der Waals surface area contributed by atoms with Crippen LogP contribution in [0.4, 0.5) is 0 Å². The normalized spacial score (nSPS) is 18.9. The van der Waals surface area contributed by atoms with Crippen LogP contribution in [0.5, 0.6) is 0 Å². The van der Waals surface area contributed by atoms with Crippen molar-refractivity contribution in [2.75, 3.05) is 0 Å². The van der Waals surface area contributed by atoms with E-state index in [0.29, 0.717) is 33.4 Å². The standard InChI is InChI=1S/C66H66N6O18/c73-55-31-49(61(79)85-37-43-19-7-1-8-20-43)67-56(74)32-50(62(80)86-38-44-21-9-2-10-22-44)69-58(76)34-52(64(82)88-40-46-25-13-4-14-26-46)71-60(78)36-54(66(84)90-42-48-29-17-6-18-30-48)72-59(77)35-53(65(83)89-41-47-27-15-5-16-28-47)70-57(75)33-51(68-55)63(81)87-39-45-23-11-3-12-24-45/h1-30,49-54H,31-42H2,(H,67,74)(H,68,73)(H,69,76)(H,70,75)(H,71,78)(H,72,77)/t49-,50-,51-,52?,53?,54?/m0/s1. The van der Waals surface area contributed by atoms with Crippen LogP contribution < -0.4 is 31.9 Å². The molecule has 1 fully saturated rings. The molecule has 0 saturated carbocycles. The SMILES string of the molecule is O=C1CC(C(=O)OCc2ccccc2)NC(=O)C[C@@H](C(=O)OCc2ccccc2)NC(=O)C[C@@H](C(=O)OCc2ccccc2)NC(=O)C[C@@H](C(=O)OCc2ccccc2)NC(=O)CC(C(=O)OCc2ccccc2)NC(=O)CC(C(=O)OCc2ccccc2)N1. The van der Waals surface area contributed by atoms with Gasteiger partial charge in [-0.15, -0.1) is 0 Å². The summed E-state index contributed by atoms with van der Waals surface area (Å²) in [5.41, 5.74) is 3.01. The van der Waals surface area contributed by atoms with Gasteiger partial charge in [-0.1, -0.05) is 182 Å². The number of carbonyl (C=O) groups is 12. The third-order valence-electron chi connectivity index (χ3n) is 13.4. The fourth-order valence-electron chi connectivity index (χ4n) is 8.77. The van der Waals surface area contributed by atoms with Gasteiger partial charge in [0.05, 0.1) is 38.5 Å². The van der Waals surface area contributed by atoms with Crippen LogP contribution in [0.15, 0.2) is 182 Å². The summed E-state index contributed by atoms with van der Waals surface area (Å²) in [6.07, 6.45) is -5.95. The zero-order chi connectivity index (χ0) is 64.0. The van der Waals surface area contributed by atoms with Crippen molar-refractivity contribution in [3.05, 3.63) is 215 Å². The van der Waals surface area contributed by atoms with Crippen LogP contribution in [0.25, 0.3) is 0 Å². The highest BCUT2D eigenvalue weighted by molar-refractivity contribution is 5.97. The first-order chi connectivity index (χ1) is 43.5. The molecule has 468 valence electrons. The van der Waals surface area contributed by atoms with Gasteiger partial charge in [-0.05, 0) is 33.4 Å². The third-order valence-corrected chi connectivity index (χ3v) is 13.4. The molecule has 0 bridgehead atoms. The minimum absolute atomic E-state index is 0.357. The maximum atomic E-state index is 14.2. The van der Waals surface area contributed by atoms with E-state index in [2.05, 4.69) is 31.9 Å². The van der Waals surface area contributed by atoms with Crippen LogP contribution in [0.2, 0.25) is 0 Å². The van der Waals surface area contributed by atoms with Gasteiger partial charge in [0.15, 0.2) is 0 Å². The van der Waals surface area contributed by atoms with E-state index in [1.165, 1.54) is 0 Å². The average Bonchev–Trinajstić information content (AvgIpc) is 3.59. The Kier molecular flexibility index (Phi) is 25.8. The zero-order valence-electron chi connectivity index (χ0n) is 48.6. The highest BCUT2D eigenvalue weighted by Crippen LogP contribution is 2.14. The summed E-state index contributed by atoms with van der Waals surface area (Å²) in [6, 6.07) is 38.4. The summed E-state index contributed by atoms with van der Waals surface area (Å²) in [6.45, 7) is -2.14. The van der Waals surface area contributed by atoms with Crippen LogP contribution >= 0.6 is 0 Å². The fourth-order valence-corrected chi connectivity index (χ4v) is 8.77. The monoisotopic (exact) mass is 1230 g/mol. The van der Waals surface area contributed by atoms with E-state index in [9.17, 15) is 57.5 Å². The lowest BCUT2D eigenvalue weighted by molar-refractivity contribution is -0.153. The first-order valence-electron chi connectivity index (χ1n) is 28.5. The Morgan fingerprint density at radius 1 is 0.233 bits per heavy atom. The Labute approximate surface area is 517 Å². The first kappa shape index (κ1) is 66.5. The van der Waals surface area contributed by atoms with E-state index in [1.807, 2.05) is 0 Å². The summed E-state index contributed by atoms with van der Waals surface area (Å²) < 4.78 is 33.2. The van der Waals surface area contributed by atoms with Crippen molar-refractivity contribution in [1.29, 1.82) is 0 Å². The number of hydrogen-bond donors (Lipinski definition) is 6. The maximum Gasteiger partial charge on any atom is 0.329 e. The molecule has 90 heavy (non-hydrogen) atoms. The molecule has 24 nitrogen and oxygen atoms in total. The summed E-state index contributed by atoms with van der Waals surface area (Å²) in [7, 11) is 0. The lowest BCUT2D eigenvalue weighted by Gasteiger charge is -2.24. The van der Waals surface area contributed by atoms with Crippen molar-refractivity contribution >= 4 is 71.3 Å². The Morgan fingerprint density at radius 2 is 0.356 bits per heavy atom. The molecule has 1 heterocycles. The largest absolute Gasteiger partial charge is 0.459 e. The zero-order valence-corrected chi connectivity index (χ0v) is 48.6. The van der Waals surface area contributed by atoms with Crippen LogP contribution in [-0.2, 0) is 126 Å². The predicted octanol–water partition coefficient (Wildman–Crippen LogP) is 3.71. The summed E-state index contributed by atoms with van der Waals surface area (Å²) >= 11 is 0. The molecule has 6 aromatic rings. The second-order valence-corrected chi connectivity index (χ2v) is 20.5. The lowest BCUT2D eigenvalue weighted by atomic mass is 10.1. The molecule has 6 atom stereocenters. The van der Waals surface area contributed by atoms with E-state index in [1.54, 1.807) is 182 Å². The molecular weight excluding hydrogens is 1160 g/mol. The molecule has 0 aromatic heterocycles. The van der Waals surface area contributed by atoms with Gasteiger partial charge in [0.25, 0.3) is 0 Å². The van der Waals surface area contributed by atoms with Crippen LogP contribution in [-0.4, -0.2) is 108 Å². The maximum absolute atomic E-state index is 14.2. The molecular formula is C66H66N6O18. The highest BCUT2D eigenvalue weighted by atomic mass is 16.6. The number of hydrogen-bond acceptors (Lipinski definition) is 18. The predicted molar refractivity (Wildman–Crippen MR) is 317 cm³/mol. The van der Waals surface area contributed by atoms with Crippen LogP contribution in [0.3, 0.4) is 0 Å². The van der Waals surface area contributed by atoms with Crippen LogP contribution in [0, 0.1) is 0 Å². The highest BCUT2D eigenvalue weighted by Gasteiger charge is 2.37. The number of rotatable bonds is 18. The summed E-state index contributed by atoms with van der Waals surface area (Å²) in [5.74, 6) is -14.0. The van der Waals surface area contributed by atoms with Crippen LogP contribution in [0.1, 0.15) is 71.9 Å². The van der Waals surface area contributed by atoms with Crippen molar-refractivity contribution in [2.45, 2.75) is 114 Å². The number of carbonyl (C=O) groups excluding carboxylic acids is 12. The van der Waals surface area contributed by atoms with E-state index in [0.717, 1.165) is 0 Å². The van der Waals surface area contributed by atoms with Gasteiger partial charge in [0.1, 0.15) is 75.9 Å². The van der Waals surface area contributed by atoms with Gasteiger partial charge in [0.2, 0.25) is 35.4 Å². The molecule has 3 unspecified atom stereocenters. The van der Waals surface area contributed by atoms with E-state index >= 15 is 0 Å². The Balaban J connectivity index is 1.24. The van der Waals surface area contributed by atoms with Gasteiger partial charge < -0.3 is 60.3 Å². The van der Waals surface area contributed by atoms with E-state index in [4.69, 9.17) is 28.4 Å². The summed E-state index contributed by atoms with van der Waals surface area (Å²) in [4.78, 5) is 169. The molecule has 0 radical (unpaired) electrons. The number of benzene rings is 6. The van der Waals surface area contributed by atoms with Crippen molar-refractivity contribution in [1.82, 2.24) is 31.9 Å². The molecule has 0 spiro atoms. The lowest BCUT2D eigenvalue weighted by Crippen LogP contribution is -2.53. The minimum atomic E-state index is -1.90. The van der Waals surface area contributed by atoms with E-state index < -0.39 is 146 Å². The second-order valence-electron chi connectivity index (χ2n) is 20.5. The molecule has 24 heteroatoms. The number of amides is 6. The molecule has 6 amide bonds. The topological polar surface area (TPSA) is 332 Å². The van der Waals surface area contributed by atoms with Gasteiger partial charge in [0, 0.05) is 0 Å². The molecule has 7 rings (SSSR count). The van der Waals surface area contributed by atoms with Gasteiger partial charge >= 0.3 is 35.8 Å². The Hall–Kier alpha value is -11.0. The van der Waals surface area contributed by atoms with Gasteiger partial charge in [-0.25, -0.2) is 28.8 Å². The minimum Gasteiger partial charge on any atom is -0.459 e.